The van der Waals surface area contributed by atoms with Crippen LogP contribution in [0.25, 0.3) is 0 Å². The van der Waals surface area contributed by atoms with Crippen LogP contribution >= 0.6 is 0 Å². The summed E-state index contributed by atoms with van der Waals surface area (Å²) in [4.78, 5) is 0. The van der Waals surface area contributed by atoms with Crippen molar-refractivity contribution in [3.8, 4) is 0 Å². The van der Waals surface area contributed by atoms with Gasteiger partial charge < -0.3 is 5.32 Å². The van der Waals surface area contributed by atoms with Crippen LogP contribution in [0.2, 0.25) is 0 Å². The molecule has 1 N–H and O–H groups in total. The molecule has 0 amide bonds. The maximum absolute atomic E-state index is 12.5. The Kier molecular flexibility index (Phi) is 5.02. The highest BCUT2D eigenvalue weighted by molar-refractivity contribution is 5.26. The number of hydrogen-bond donors (Lipinski definition) is 1. The molecule has 0 aliphatic rings. The SMILES string of the molecule is CCC(C)(C)CNC(C)c1ccc(C(F)(F)F)cc1. The lowest BCUT2D eigenvalue weighted by molar-refractivity contribution is -0.137. The number of nitrogens with one attached hydrogen (secondary N) is 1. The zero-order valence-electron chi connectivity index (χ0n) is 11.9. The fraction of sp³-hybridized carbons (Fsp3) is 0.600. The maximum atomic E-state index is 12.5. The molecule has 0 saturated carbocycles. The molecular formula is C15H22F3N. The standard InChI is InChI=1S/C15H22F3N/c1-5-14(3,4)10-19-11(2)12-6-8-13(9-7-12)15(16,17)18/h6-9,11,19H,5,10H2,1-4H3. The van der Waals surface area contributed by atoms with Crippen molar-refractivity contribution in [2.24, 2.45) is 5.41 Å². The normalized spacial score (nSPS) is 14.5. The molecular weight excluding hydrogens is 251 g/mol. The average molecular weight is 273 g/mol. The lowest BCUT2D eigenvalue weighted by atomic mass is 9.90. The smallest absolute Gasteiger partial charge is 0.310 e. The molecule has 0 bridgehead atoms. The number of rotatable bonds is 5. The molecule has 1 nitrogen and oxygen atoms in total. The minimum absolute atomic E-state index is 0.0492. The van der Waals surface area contributed by atoms with E-state index >= 15 is 0 Å². The summed E-state index contributed by atoms with van der Waals surface area (Å²) in [6.07, 6.45) is -3.21. The summed E-state index contributed by atoms with van der Waals surface area (Å²) in [5.41, 5.74) is 0.470. The molecule has 1 rings (SSSR count). The van der Waals surface area contributed by atoms with Crippen LogP contribution < -0.4 is 5.32 Å². The third-order valence-electron chi connectivity index (χ3n) is 3.58. The Morgan fingerprint density at radius 2 is 1.63 bits per heavy atom. The Morgan fingerprint density at radius 1 is 1.11 bits per heavy atom. The third-order valence-corrected chi connectivity index (χ3v) is 3.58. The molecule has 0 aromatic heterocycles. The first-order chi connectivity index (χ1) is 8.65. The minimum Gasteiger partial charge on any atom is -0.310 e. The van der Waals surface area contributed by atoms with Crippen LogP contribution in [-0.2, 0) is 6.18 Å². The topological polar surface area (TPSA) is 12.0 Å². The summed E-state index contributed by atoms with van der Waals surface area (Å²) in [5, 5.41) is 3.37. The van der Waals surface area contributed by atoms with E-state index in [2.05, 4.69) is 26.1 Å². The quantitative estimate of drug-likeness (QED) is 0.813. The van der Waals surface area contributed by atoms with Gasteiger partial charge in [-0.3, -0.25) is 0 Å². The molecule has 4 heteroatoms. The summed E-state index contributed by atoms with van der Waals surface area (Å²) in [6.45, 7) is 9.27. The highest BCUT2D eigenvalue weighted by Gasteiger charge is 2.30. The highest BCUT2D eigenvalue weighted by Crippen LogP contribution is 2.30. The van der Waals surface area contributed by atoms with Gasteiger partial charge in [0.2, 0.25) is 0 Å². The zero-order valence-corrected chi connectivity index (χ0v) is 11.9. The van der Waals surface area contributed by atoms with E-state index in [1.807, 2.05) is 6.92 Å². The molecule has 1 aromatic carbocycles. The Hall–Kier alpha value is -1.03. The van der Waals surface area contributed by atoms with Crippen LogP contribution in [-0.4, -0.2) is 6.54 Å². The van der Waals surface area contributed by atoms with Gasteiger partial charge in [0.05, 0.1) is 5.56 Å². The zero-order chi connectivity index (χ0) is 14.7. The van der Waals surface area contributed by atoms with Gasteiger partial charge in [0, 0.05) is 12.6 Å². The Morgan fingerprint density at radius 3 is 2.05 bits per heavy atom. The van der Waals surface area contributed by atoms with Crippen molar-refractivity contribution >= 4 is 0 Å². The van der Waals surface area contributed by atoms with Crippen LogP contribution in [0, 0.1) is 5.41 Å². The van der Waals surface area contributed by atoms with E-state index in [9.17, 15) is 13.2 Å². The van der Waals surface area contributed by atoms with Crippen molar-refractivity contribution in [3.05, 3.63) is 35.4 Å². The third kappa shape index (κ3) is 4.86. The predicted octanol–water partition coefficient (Wildman–Crippen LogP) is 4.79. The van der Waals surface area contributed by atoms with Gasteiger partial charge in [-0.25, -0.2) is 0 Å². The molecule has 0 heterocycles. The first kappa shape index (κ1) is 16.0. The Labute approximate surface area is 113 Å². The largest absolute Gasteiger partial charge is 0.416 e. The van der Waals surface area contributed by atoms with Gasteiger partial charge >= 0.3 is 6.18 Å². The summed E-state index contributed by atoms with van der Waals surface area (Å²) in [5.74, 6) is 0. The second kappa shape index (κ2) is 5.95. The monoisotopic (exact) mass is 273 g/mol. The van der Waals surface area contributed by atoms with E-state index in [1.54, 1.807) is 12.1 Å². The lowest BCUT2D eigenvalue weighted by Gasteiger charge is -2.26. The van der Waals surface area contributed by atoms with Crippen molar-refractivity contribution in [1.82, 2.24) is 5.32 Å². The van der Waals surface area contributed by atoms with E-state index < -0.39 is 11.7 Å². The van der Waals surface area contributed by atoms with Gasteiger partial charge in [-0.2, -0.15) is 13.2 Å². The fourth-order valence-electron chi connectivity index (χ4n) is 1.63. The van der Waals surface area contributed by atoms with Gasteiger partial charge in [0.1, 0.15) is 0 Å². The second-order valence-electron chi connectivity index (χ2n) is 5.74. The van der Waals surface area contributed by atoms with Crippen LogP contribution in [0.5, 0.6) is 0 Å². The molecule has 0 aliphatic heterocycles. The maximum Gasteiger partial charge on any atom is 0.416 e. The molecule has 1 aromatic rings. The molecule has 19 heavy (non-hydrogen) atoms. The average Bonchev–Trinajstić information content (AvgIpc) is 2.35. The molecule has 0 radical (unpaired) electrons. The van der Waals surface area contributed by atoms with Gasteiger partial charge in [0.15, 0.2) is 0 Å². The van der Waals surface area contributed by atoms with Crippen LogP contribution in [0.15, 0.2) is 24.3 Å². The van der Waals surface area contributed by atoms with E-state index in [-0.39, 0.29) is 11.5 Å². The van der Waals surface area contributed by atoms with Crippen molar-refractivity contribution in [3.63, 3.8) is 0 Å². The van der Waals surface area contributed by atoms with E-state index in [1.165, 1.54) is 0 Å². The summed E-state index contributed by atoms with van der Waals surface area (Å²) in [6, 6.07) is 5.41. The van der Waals surface area contributed by atoms with Gasteiger partial charge in [-0.15, -0.1) is 0 Å². The van der Waals surface area contributed by atoms with Crippen molar-refractivity contribution < 1.29 is 13.2 Å². The van der Waals surface area contributed by atoms with E-state index in [0.29, 0.717) is 0 Å². The van der Waals surface area contributed by atoms with Crippen LogP contribution in [0.4, 0.5) is 13.2 Å². The summed E-state index contributed by atoms with van der Waals surface area (Å²) >= 11 is 0. The molecule has 1 atom stereocenters. The second-order valence-corrected chi connectivity index (χ2v) is 5.74. The Balaban J connectivity index is 2.66. The van der Waals surface area contributed by atoms with Crippen molar-refractivity contribution in [2.45, 2.75) is 46.3 Å². The van der Waals surface area contributed by atoms with Crippen LogP contribution in [0.1, 0.15) is 51.3 Å². The molecule has 1 unspecified atom stereocenters. The van der Waals surface area contributed by atoms with Gasteiger partial charge in [-0.1, -0.05) is 32.9 Å². The number of hydrogen-bond acceptors (Lipinski definition) is 1. The minimum atomic E-state index is -4.26. The molecule has 0 saturated heterocycles. The Bertz CT molecular complexity index is 393. The van der Waals surface area contributed by atoms with E-state index in [0.717, 1.165) is 30.7 Å². The van der Waals surface area contributed by atoms with Gasteiger partial charge in [-0.05, 0) is 36.5 Å². The first-order valence-corrected chi connectivity index (χ1v) is 6.56. The lowest BCUT2D eigenvalue weighted by Crippen LogP contribution is -2.30. The van der Waals surface area contributed by atoms with Crippen molar-refractivity contribution in [1.29, 1.82) is 0 Å². The highest BCUT2D eigenvalue weighted by atomic mass is 19.4. The molecule has 108 valence electrons. The van der Waals surface area contributed by atoms with Gasteiger partial charge in [0.25, 0.3) is 0 Å². The van der Waals surface area contributed by atoms with Crippen molar-refractivity contribution in [2.75, 3.05) is 6.54 Å². The first-order valence-electron chi connectivity index (χ1n) is 6.56. The molecule has 0 fully saturated rings. The fourth-order valence-corrected chi connectivity index (χ4v) is 1.63. The summed E-state index contributed by atoms with van der Waals surface area (Å²) in [7, 11) is 0. The molecule has 0 spiro atoms. The number of benzene rings is 1. The number of halogens is 3. The molecule has 0 aliphatic carbocycles. The van der Waals surface area contributed by atoms with Crippen LogP contribution in [0.3, 0.4) is 0 Å². The predicted molar refractivity (Wildman–Crippen MR) is 71.9 cm³/mol. The van der Waals surface area contributed by atoms with E-state index in [4.69, 9.17) is 0 Å². The number of alkyl halides is 3. The summed E-state index contributed by atoms with van der Waals surface area (Å²) < 4.78 is 37.4.